The summed E-state index contributed by atoms with van der Waals surface area (Å²) >= 11 is 7.34. The number of ether oxygens (including phenoxy) is 2. The Balaban J connectivity index is 1.60. The second kappa shape index (κ2) is 10.9. The van der Waals surface area contributed by atoms with Crippen molar-refractivity contribution in [1.82, 2.24) is 9.71 Å². The van der Waals surface area contributed by atoms with Crippen LogP contribution in [0.4, 0.5) is 0 Å². The van der Waals surface area contributed by atoms with Crippen LogP contribution in [0.2, 0.25) is 0 Å². The maximum absolute atomic E-state index is 12.6. The van der Waals surface area contributed by atoms with Gasteiger partial charge < -0.3 is 9.47 Å². The van der Waals surface area contributed by atoms with Gasteiger partial charge in [-0.2, -0.15) is 0 Å². The number of halogens is 1. The van der Waals surface area contributed by atoms with Crippen LogP contribution in [-0.4, -0.2) is 33.0 Å². The lowest BCUT2D eigenvalue weighted by molar-refractivity contribution is 0.298. The van der Waals surface area contributed by atoms with Crippen molar-refractivity contribution in [3.05, 3.63) is 69.7 Å². The Bertz CT molecular complexity index is 1100. The van der Waals surface area contributed by atoms with Crippen molar-refractivity contribution in [1.29, 1.82) is 0 Å². The third kappa shape index (κ3) is 6.43. The second-order valence-electron chi connectivity index (χ2n) is 6.85. The number of sulfonamides is 1. The number of benzene rings is 2. The van der Waals surface area contributed by atoms with Crippen LogP contribution < -0.4 is 14.2 Å². The van der Waals surface area contributed by atoms with Gasteiger partial charge in [0.25, 0.3) is 0 Å². The summed E-state index contributed by atoms with van der Waals surface area (Å²) in [5.41, 5.74) is 4.62. The molecular weight excluding hydrogens is 456 g/mol. The van der Waals surface area contributed by atoms with Gasteiger partial charge in [-0.05, 0) is 48.7 Å². The summed E-state index contributed by atoms with van der Waals surface area (Å²) in [4.78, 5) is 5.65. The van der Waals surface area contributed by atoms with Gasteiger partial charge >= 0.3 is 0 Å². The number of methoxy groups -OCH3 is 1. The zero-order chi connectivity index (χ0) is 22.3. The Hall–Kier alpha value is -2.13. The van der Waals surface area contributed by atoms with Crippen molar-refractivity contribution < 1.29 is 17.9 Å². The van der Waals surface area contributed by atoms with E-state index in [1.165, 1.54) is 4.88 Å². The third-order valence-electron chi connectivity index (χ3n) is 4.74. The minimum absolute atomic E-state index is 0.141. The minimum atomic E-state index is -3.62. The highest BCUT2D eigenvalue weighted by atomic mass is 35.5. The van der Waals surface area contributed by atoms with Crippen LogP contribution in [0.3, 0.4) is 0 Å². The Morgan fingerprint density at radius 2 is 1.81 bits per heavy atom. The van der Waals surface area contributed by atoms with E-state index < -0.39 is 10.0 Å². The number of aromatic nitrogens is 1. The van der Waals surface area contributed by atoms with E-state index in [0.29, 0.717) is 30.4 Å². The maximum atomic E-state index is 12.6. The molecule has 0 unspecified atom stereocenters. The average molecular weight is 481 g/mol. The van der Waals surface area contributed by atoms with E-state index in [-0.39, 0.29) is 11.4 Å². The van der Waals surface area contributed by atoms with E-state index in [9.17, 15) is 8.42 Å². The number of alkyl halides is 1. The van der Waals surface area contributed by atoms with E-state index in [1.54, 1.807) is 54.8 Å². The fourth-order valence-corrected chi connectivity index (χ4v) is 4.97. The standard InChI is InChI=1S/C22H25ClN2O4S2/c1-16-22(30-15-24-16)10-12-29-20-8-5-18(13-21(20)28-2)14-25-31(26,27)19-6-3-17(4-7-19)9-11-23/h3-8,13,15,25H,9-12,14H2,1-2H3. The molecule has 166 valence electrons. The molecule has 0 spiro atoms. The lowest BCUT2D eigenvalue weighted by Gasteiger charge is -2.13. The molecule has 0 aliphatic carbocycles. The van der Waals surface area contributed by atoms with Crippen LogP contribution in [0.5, 0.6) is 11.5 Å². The first-order valence-corrected chi connectivity index (χ1v) is 12.7. The maximum Gasteiger partial charge on any atom is 0.240 e. The molecule has 3 rings (SSSR count). The zero-order valence-electron chi connectivity index (χ0n) is 17.4. The first-order valence-electron chi connectivity index (χ1n) is 9.76. The average Bonchev–Trinajstić information content (AvgIpc) is 3.18. The molecule has 0 aliphatic heterocycles. The number of aryl methyl sites for hydroxylation is 2. The second-order valence-corrected chi connectivity index (χ2v) is 9.94. The van der Waals surface area contributed by atoms with Crippen molar-refractivity contribution in [2.45, 2.75) is 31.2 Å². The van der Waals surface area contributed by atoms with E-state index in [2.05, 4.69) is 9.71 Å². The molecule has 0 aliphatic rings. The van der Waals surface area contributed by atoms with Gasteiger partial charge in [0.2, 0.25) is 10.0 Å². The molecule has 0 atom stereocenters. The van der Waals surface area contributed by atoms with Gasteiger partial charge in [-0.15, -0.1) is 22.9 Å². The fourth-order valence-electron chi connectivity index (χ4n) is 2.97. The predicted octanol–water partition coefficient (Wildman–Crippen LogP) is 4.34. The molecule has 31 heavy (non-hydrogen) atoms. The molecule has 1 aromatic heterocycles. The molecule has 9 heteroatoms. The zero-order valence-corrected chi connectivity index (χ0v) is 19.8. The highest BCUT2D eigenvalue weighted by molar-refractivity contribution is 7.89. The monoisotopic (exact) mass is 480 g/mol. The largest absolute Gasteiger partial charge is 0.493 e. The molecule has 0 radical (unpaired) electrons. The van der Waals surface area contributed by atoms with Crippen LogP contribution in [0, 0.1) is 6.92 Å². The smallest absolute Gasteiger partial charge is 0.240 e. The summed E-state index contributed by atoms with van der Waals surface area (Å²) in [6, 6.07) is 12.1. The van der Waals surface area contributed by atoms with Crippen LogP contribution in [0.15, 0.2) is 52.9 Å². The Kier molecular flexibility index (Phi) is 8.31. The lowest BCUT2D eigenvalue weighted by Crippen LogP contribution is -2.23. The van der Waals surface area contributed by atoms with E-state index in [0.717, 1.165) is 23.2 Å². The van der Waals surface area contributed by atoms with Crippen LogP contribution in [-0.2, 0) is 29.4 Å². The minimum Gasteiger partial charge on any atom is -0.493 e. The number of rotatable bonds is 11. The summed E-state index contributed by atoms with van der Waals surface area (Å²) in [7, 11) is -2.06. The van der Waals surface area contributed by atoms with Crippen LogP contribution in [0.1, 0.15) is 21.7 Å². The van der Waals surface area contributed by atoms with Gasteiger partial charge in [0.15, 0.2) is 11.5 Å². The quantitative estimate of drug-likeness (QED) is 0.413. The Morgan fingerprint density at radius 3 is 2.45 bits per heavy atom. The fraction of sp³-hybridized carbons (Fsp3) is 0.318. The summed E-state index contributed by atoms with van der Waals surface area (Å²) < 4.78 is 39.1. The van der Waals surface area contributed by atoms with Gasteiger partial charge in [0.05, 0.1) is 29.8 Å². The Labute approximate surface area is 192 Å². The normalized spacial score (nSPS) is 11.5. The molecule has 3 aromatic rings. The van der Waals surface area contributed by atoms with Gasteiger partial charge in [0, 0.05) is 23.7 Å². The first-order chi connectivity index (χ1) is 14.9. The van der Waals surface area contributed by atoms with Crippen molar-refractivity contribution in [2.24, 2.45) is 0 Å². The highest BCUT2D eigenvalue weighted by Gasteiger charge is 2.14. The summed E-state index contributed by atoms with van der Waals surface area (Å²) in [5.74, 6) is 1.67. The topological polar surface area (TPSA) is 77.5 Å². The SMILES string of the molecule is COc1cc(CNS(=O)(=O)c2ccc(CCCl)cc2)ccc1OCCc1scnc1C. The molecule has 0 saturated carbocycles. The molecule has 1 N–H and O–H groups in total. The molecule has 0 fully saturated rings. The van der Waals surface area contributed by atoms with Crippen molar-refractivity contribution >= 4 is 33.0 Å². The summed E-state index contributed by atoms with van der Waals surface area (Å²) in [6.07, 6.45) is 1.47. The lowest BCUT2D eigenvalue weighted by atomic mass is 10.2. The van der Waals surface area contributed by atoms with Crippen molar-refractivity contribution in [2.75, 3.05) is 19.6 Å². The number of hydrogen-bond acceptors (Lipinski definition) is 6. The van der Waals surface area contributed by atoms with Gasteiger partial charge in [-0.3, -0.25) is 0 Å². The van der Waals surface area contributed by atoms with Crippen LogP contribution >= 0.6 is 22.9 Å². The molecular formula is C22H25ClN2O4S2. The van der Waals surface area contributed by atoms with Gasteiger partial charge in [0.1, 0.15) is 0 Å². The third-order valence-corrected chi connectivity index (χ3v) is 7.34. The number of thiazole rings is 1. The summed E-state index contributed by atoms with van der Waals surface area (Å²) in [5, 5.41) is 0. The van der Waals surface area contributed by atoms with E-state index >= 15 is 0 Å². The van der Waals surface area contributed by atoms with Crippen LogP contribution in [0.25, 0.3) is 0 Å². The molecule has 1 heterocycles. The van der Waals surface area contributed by atoms with E-state index in [4.69, 9.17) is 21.1 Å². The van der Waals surface area contributed by atoms with Crippen molar-refractivity contribution in [3.63, 3.8) is 0 Å². The molecule has 0 amide bonds. The molecule has 0 bridgehead atoms. The highest BCUT2D eigenvalue weighted by Crippen LogP contribution is 2.28. The predicted molar refractivity (Wildman–Crippen MR) is 124 cm³/mol. The summed E-state index contributed by atoms with van der Waals surface area (Å²) in [6.45, 7) is 2.63. The number of hydrogen-bond donors (Lipinski definition) is 1. The molecule has 6 nitrogen and oxygen atoms in total. The Morgan fingerprint density at radius 1 is 1.06 bits per heavy atom. The van der Waals surface area contributed by atoms with Crippen molar-refractivity contribution in [3.8, 4) is 11.5 Å². The van der Waals surface area contributed by atoms with E-state index in [1.807, 2.05) is 18.5 Å². The number of nitrogens with one attached hydrogen (secondary N) is 1. The first kappa shape index (κ1) is 23.5. The van der Waals surface area contributed by atoms with Gasteiger partial charge in [-0.1, -0.05) is 18.2 Å². The van der Waals surface area contributed by atoms with Gasteiger partial charge in [-0.25, -0.2) is 18.1 Å². The molecule has 0 saturated heterocycles. The number of nitrogens with zero attached hydrogens (tertiary/aromatic N) is 1. The molecule has 2 aromatic carbocycles.